The number of carbonyl (C=O) groups excluding carboxylic acids is 1. The molecule has 29 heavy (non-hydrogen) atoms. The molecular formula is C19H19F3N2O4S. The molecule has 2 aromatic rings. The van der Waals surface area contributed by atoms with Gasteiger partial charge in [-0.3, -0.25) is 4.79 Å². The first-order valence-corrected chi connectivity index (χ1v) is 10.3. The van der Waals surface area contributed by atoms with Gasteiger partial charge < -0.3 is 10.1 Å². The first-order chi connectivity index (χ1) is 13.6. The highest BCUT2D eigenvalue weighted by Crippen LogP contribution is 2.29. The molecule has 1 amide bonds. The normalized spacial score (nSPS) is 17.9. The van der Waals surface area contributed by atoms with Gasteiger partial charge in [-0.05, 0) is 30.5 Å². The summed E-state index contributed by atoms with van der Waals surface area (Å²) in [6.45, 7) is 4.05. The Hall–Kier alpha value is -2.59. The quantitative estimate of drug-likeness (QED) is 0.731. The average Bonchev–Trinajstić information content (AvgIpc) is 2.74. The van der Waals surface area contributed by atoms with Crippen molar-refractivity contribution in [2.24, 2.45) is 5.92 Å². The van der Waals surface area contributed by atoms with Gasteiger partial charge in [0.1, 0.15) is 17.3 Å². The third-order valence-corrected chi connectivity index (χ3v) is 5.80. The molecule has 10 heteroatoms. The van der Waals surface area contributed by atoms with Crippen LogP contribution in [0.25, 0.3) is 0 Å². The number of amides is 1. The van der Waals surface area contributed by atoms with Crippen molar-refractivity contribution in [3.8, 4) is 5.75 Å². The molecule has 0 spiro atoms. The fraction of sp³-hybridized carbons (Fsp3) is 0.316. The summed E-state index contributed by atoms with van der Waals surface area (Å²) in [7, 11) is -3.95. The Labute approximate surface area is 166 Å². The molecule has 2 aromatic carbocycles. The molecule has 2 N–H and O–H groups in total. The maximum Gasteiger partial charge on any atom is 0.255 e. The summed E-state index contributed by atoms with van der Waals surface area (Å²) in [6.07, 6.45) is 0.572. The standard InChI is InChI=1S/C19H19F3N2O4S/c1-10(2)5-13-9-28-16-4-3-11(6-17(16)29(26,27)24-13)19(25)23-12-7-14(20)18(22)15(21)8-12/h3-4,6-8,10,13,24H,5,9H2,1-2H3,(H,23,25). The van der Waals surface area contributed by atoms with Crippen molar-refractivity contribution < 1.29 is 31.1 Å². The first kappa shape index (κ1) is 21.1. The lowest BCUT2D eigenvalue weighted by atomic mass is 10.1. The lowest BCUT2D eigenvalue weighted by molar-refractivity contribution is 0.102. The Morgan fingerprint density at radius 2 is 1.86 bits per heavy atom. The molecule has 0 saturated carbocycles. The molecule has 1 unspecified atom stereocenters. The molecule has 0 aliphatic carbocycles. The predicted octanol–water partition coefficient (Wildman–Crippen LogP) is 3.44. The monoisotopic (exact) mass is 428 g/mol. The van der Waals surface area contributed by atoms with Crippen molar-refractivity contribution in [1.82, 2.24) is 4.72 Å². The summed E-state index contributed by atoms with van der Waals surface area (Å²) in [5, 5.41) is 2.21. The van der Waals surface area contributed by atoms with Crippen LogP contribution in [-0.2, 0) is 10.0 Å². The number of rotatable bonds is 4. The number of benzene rings is 2. The van der Waals surface area contributed by atoms with Crippen LogP contribution in [0.5, 0.6) is 5.75 Å². The van der Waals surface area contributed by atoms with Crippen molar-refractivity contribution in [3.05, 3.63) is 53.3 Å². The highest BCUT2D eigenvalue weighted by atomic mass is 32.2. The topological polar surface area (TPSA) is 84.5 Å². The van der Waals surface area contributed by atoms with E-state index in [9.17, 15) is 26.4 Å². The number of halogens is 3. The van der Waals surface area contributed by atoms with Crippen molar-refractivity contribution in [1.29, 1.82) is 0 Å². The lowest BCUT2D eigenvalue weighted by Gasteiger charge is -2.16. The van der Waals surface area contributed by atoms with E-state index in [1.807, 2.05) is 13.8 Å². The van der Waals surface area contributed by atoms with Gasteiger partial charge in [0.25, 0.3) is 5.91 Å². The third kappa shape index (κ3) is 4.70. The van der Waals surface area contributed by atoms with Gasteiger partial charge >= 0.3 is 0 Å². The van der Waals surface area contributed by atoms with Crippen molar-refractivity contribution in [2.75, 3.05) is 11.9 Å². The summed E-state index contributed by atoms with van der Waals surface area (Å²) < 4.78 is 73.2. The number of ether oxygens (including phenoxy) is 1. The molecule has 0 radical (unpaired) electrons. The Balaban J connectivity index is 1.87. The summed E-state index contributed by atoms with van der Waals surface area (Å²) in [4.78, 5) is 12.2. The van der Waals surface area contributed by atoms with Gasteiger partial charge in [0.05, 0.1) is 6.04 Å². The molecule has 0 fully saturated rings. The van der Waals surface area contributed by atoms with E-state index in [0.29, 0.717) is 18.6 Å². The molecule has 1 atom stereocenters. The Bertz CT molecular complexity index is 1030. The highest BCUT2D eigenvalue weighted by Gasteiger charge is 2.29. The third-order valence-electron chi connectivity index (χ3n) is 4.25. The van der Waals surface area contributed by atoms with Crippen LogP contribution in [0.15, 0.2) is 35.2 Å². The fourth-order valence-electron chi connectivity index (χ4n) is 3.00. The van der Waals surface area contributed by atoms with Crippen LogP contribution >= 0.6 is 0 Å². The van der Waals surface area contributed by atoms with Crippen molar-refractivity contribution in [3.63, 3.8) is 0 Å². The maximum atomic E-state index is 13.3. The number of nitrogens with one attached hydrogen (secondary N) is 2. The molecule has 156 valence electrons. The van der Waals surface area contributed by atoms with Gasteiger partial charge in [-0.25, -0.2) is 26.3 Å². The minimum absolute atomic E-state index is 0.0785. The van der Waals surface area contributed by atoms with E-state index in [1.54, 1.807) is 0 Å². The highest BCUT2D eigenvalue weighted by molar-refractivity contribution is 7.89. The van der Waals surface area contributed by atoms with Gasteiger partial charge in [-0.2, -0.15) is 0 Å². The SMILES string of the molecule is CC(C)CC1COc2ccc(C(=O)Nc3cc(F)c(F)c(F)c3)cc2S(=O)(=O)N1. The van der Waals surface area contributed by atoms with E-state index >= 15 is 0 Å². The number of sulfonamides is 1. The molecule has 0 bridgehead atoms. The molecule has 6 nitrogen and oxygen atoms in total. The zero-order valence-electron chi connectivity index (χ0n) is 15.6. The van der Waals surface area contributed by atoms with Crippen molar-refractivity contribution in [2.45, 2.75) is 31.2 Å². The van der Waals surface area contributed by atoms with Crippen LogP contribution in [0.3, 0.4) is 0 Å². The second-order valence-corrected chi connectivity index (χ2v) is 8.81. The molecule has 3 rings (SSSR count). The fourth-order valence-corrected chi connectivity index (χ4v) is 4.41. The zero-order chi connectivity index (χ0) is 21.3. The second kappa shape index (κ2) is 8.03. The minimum Gasteiger partial charge on any atom is -0.491 e. The second-order valence-electron chi connectivity index (χ2n) is 7.13. The molecule has 1 aliphatic rings. The van der Waals surface area contributed by atoms with Crippen molar-refractivity contribution >= 4 is 21.6 Å². The maximum absolute atomic E-state index is 13.3. The van der Waals surface area contributed by atoms with Crippen LogP contribution in [0.1, 0.15) is 30.6 Å². The Kier molecular flexibility index (Phi) is 5.85. The summed E-state index contributed by atoms with van der Waals surface area (Å²) >= 11 is 0. The van der Waals surface area contributed by atoms with E-state index in [4.69, 9.17) is 4.74 Å². The van der Waals surface area contributed by atoms with Gasteiger partial charge in [0, 0.05) is 23.4 Å². The van der Waals surface area contributed by atoms with Gasteiger partial charge in [-0.15, -0.1) is 0 Å². The minimum atomic E-state index is -3.95. The summed E-state index contributed by atoms with van der Waals surface area (Å²) in [5.74, 6) is -5.06. The van der Waals surface area contributed by atoms with Gasteiger partial charge in [0.2, 0.25) is 10.0 Å². The number of hydrogen-bond acceptors (Lipinski definition) is 4. The first-order valence-electron chi connectivity index (χ1n) is 8.82. The molecule has 1 heterocycles. The summed E-state index contributed by atoms with van der Waals surface area (Å²) in [6, 6.07) is 4.60. The number of hydrogen-bond donors (Lipinski definition) is 2. The van der Waals surface area contributed by atoms with Gasteiger partial charge in [-0.1, -0.05) is 13.8 Å². The molecular weight excluding hydrogens is 409 g/mol. The number of anilines is 1. The molecule has 0 aromatic heterocycles. The van der Waals surface area contributed by atoms with E-state index in [2.05, 4.69) is 10.0 Å². The van der Waals surface area contributed by atoms with Gasteiger partial charge in [0.15, 0.2) is 17.5 Å². The van der Waals surface area contributed by atoms with E-state index < -0.39 is 39.4 Å². The predicted molar refractivity (Wildman–Crippen MR) is 99.8 cm³/mol. The van der Waals surface area contributed by atoms with Crippen LogP contribution in [0, 0.1) is 23.4 Å². The van der Waals surface area contributed by atoms with Crippen LogP contribution in [0.2, 0.25) is 0 Å². The smallest absolute Gasteiger partial charge is 0.255 e. The lowest BCUT2D eigenvalue weighted by Crippen LogP contribution is -2.37. The Morgan fingerprint density at radius 1 is 1.21 bits per heavy atom. The van der Waals surface area contributed by atoms with Crippen LogP contribution in [0.4, 0.5) is 18.9 Å². The Morgan fingerprint density at radius 3 is 2.48 bits per heavy atom. The average molecular weight is 428 g/mol. The zero-order valence-corrected chi connectivity index (χ0v) is 16.4. The number of carbonyl (C=O) groups is 1. The van der Waals surface area contributed by atoms with Crippen LogP contribution in [-0.4, -0.2) is 27.0 Å². The van der Waals surface area contributed by atoms with E-state index in [-0.39, 0.29) is 34.4 Å². The molecule has 1 aliphatic heterocycles. The van der Waals surface area contributed by atoms with Crippen LogP contribution < -0.4 is 14.8 Å². The largest absolute Gasteiger partial charge is 0.491 e. The van der Waals surface area contributed by atoms with E-state index in [1.165, 1.54) is 12.1 Å². The summed E-state index contributed by atoms with van der Waals surface area (Å²) in [5.41, 5.74) is -0.388. The molecule has 0 saturated heterocycles. The van der Waals surface area contributed by atoms with E-state index in [0.717, 1.165) is 6.07 Å². The number of fused-ring (bicyclic) bond motifs is 1.